The fraction of sp³-hybridized carbons (Fsp3) is 0.308. The number of hydrogen-bond donors (Lipinski definition) is 0. The summed E-state index contributed by atoms with van der Waals surface area (Å²) >= 11 is 0. The highest BCUT2D eigenvalue weighted by molar-refractivity contribution is 5.66. The molecule has 0 aliphatic carbocycles. The van der Waals surface area contributed by atoms with E-state index in [1.54, 1.807) is 7.11 Å². The largest absolute Gasteiger partial charge is 0.497 e. The molecule has 0 radical (unpaired) electrons. The molecule has 0 fully saturated rings. The van der Waals surface area contributed by atoms with Crippen molar-refractivity contribution in [2.75, 3.05) is 7.11 Å². The number of rotatable bonds is 2. The first-order valence-corrected chi connectivity index (χ1v) is 5.57. The molecule has 3 heteroatoms. The van der Waals surface area contributed by atoms with Crippen LogP contribution in [0, 0.1) is 0 Å². The lowest BCUT2D eigenvalue weighted by Gasteiger charge is -2.03. The van der Waals surface area contributed by atoms with Crippen molar-refractivity contribution in [3.63, 3.8) is 0 Å². The monoisotopic (exact) mass is 214 g/mol. The minimum absolute atomic E-state index is 0.896. The van der Waals surface area contributed by atoms with E-state index in [4.69, 9.17) is 4.74 Å². The first-order valence-electron chi connectivity index (χ1n) is 5.57. The van der Waals surface area contributed by atoms with Gasteiger partial charge in [0, 0.05) is 17.8 Å². The van der Waals surface area contributed by atoms with E-state index >= 15 is 0 Å². The van der Waals surface area contributed by atoms with Crippen LogP contribution in [0.25, 0.3) is 11.1 Å². The van der Waals surface area contributed by atoms with Gasteiger partial charge < -0.3 is 4.74 Å². The summed E-state index contributed by atoms with van der Waals surface area (Å²) in [4.78, 5) is 0. The summed E-state index contributed by atoms with van der Waals surface area (Å²) in [6.07, 6.45) is 4.32. The lowest BCUT2D eigenvalue weighted by atomic mass is 10.1. The molecule has 1 aliphatic rings. The van der Waals surface area contributed by atoms with Gasteiger partial charge in [0.15, 0.2) is 0 Å². The van der Waals surface area contributed by atoms with Gasteiger partial charge in [0.1, 0.15) is 5.75 Å². The van der Waals surface area contributed by atoms with Crippen molar-refractivity contribution in [3.05, 3.63) is 36.2 Å². The molecule has 3 nitrogen and oxygen atoms in total. The number of aromatic nitrogens is 2. The Balaban J connectivity index is 2.01. The topological polar surface area (TPSA) is 27.1 Å². The van der Waals surface area contributed by atoms with Gasteiger partial charge >= 0.3 is 0 Å². The van der Waals surface area contributed by atoms with Crippen molar-refractivity contribution in [1.29, 1.82) is 0 Å². The molecule has 1 aliphatic heterocycles. The molecule has 0 saturated heterocycles. The molecule has 1 aromatic heterocycles. The standard InChI is InChI=1S/C13H14N2O/c1-16-11-6-4-10(5-7-11)12-9-14-15-8-2-3-13(12)15/h4-7,9H,2-3,8H2,1H3. The minimum atomic E-state index is 0.896. The van der Waals surface area contributed by atoms with Crippen LogP contribution in [-0.4, -0.2) is 16.9 Å². The fourth-order valence-corrected chi connectivity index (χ4v) is 2.28. The molecule has 2 aromatic rings. The smallest absolute Gasteiger partial charge is 0.118 e. The first-order chi connectivity index (χ1) is 7.88. The molecular weight excluding hydrogens is 200 g/mol. The Morgan fingerprint density at radius 3 is 2.81 bits per heavy atom. The summed E-state index contributed by atoms with van der Waals surface area (Å²) in [5.41, 5.74) is 3.86. The van der Waals surface area contributed by atoms with Crippen molar-refractivity contribution < 1.29 is 4.74 Å². The molecule has 1 aromatic carbocycles. The SMILES string of the molecule is COc1ccc(-c2cnn3c2CCC3)cc1. The quantitative estimate of drug-likeness (QED) is 0.768. The van der Waals surface area contributed by atoms with E-state index in [1.807, 2.05) is 18.3 Å². The number of fused-ring (bicyclic) bond motifs is 1. The van der Waals surface area contributed by atoms with Gasteiger partial charge in [0.25, 0.3) is 0 Å². The summed E-state index contributed by atoms with van der Waals surface area (Å²) in [5, 5.41) is 4.40. The zero-order valence-corrected chi connectivity index (χ0v) is 9.31. The van der Waals surface area contributed by atoms with Gasteiger partial charge in [-0.05, 0) is 30.5 Å². The van der Waals surface area contributed by atoms with Gasteiger partial charge in [-0.3, -0.25) is 4.68 Å². The summed E-state index contributed by atoms with van der Waals surface area (Å²) in [7, 11) is 1.69. The number of benzene rings is 1. The van der Waals surface area contributed by atoms with E-state index in [9.17, 15) is 0 Å². The molecule has 0 N–H and O–H groups in total. The number of nitrogens with zero attached hydrogens (tertiary/aromatic N) is 2. The van der Waals surface area contributed by atoms with Gasteiger partial charge in [-0.1, -0.05) is 12.1 Å². The summed E-state index contributed by atoms with van der Waals surface area (Å²) in [6.45, 7) is 1.06. The average Bonchev–Trinajstić information content (AvgIpc) is 2.91. The Morgan fingerprint density at radius 2 is 2.06 bits per heavy atom. The predicted octanol–water partition coefficient (Wildman–Crippen LogP) is 2.50. The van der Waals surface area contributed by atoms with E-state index in [1.165, 1.54) is 23.2 Å². The molecule has 2 heterocycles. The van der Waals surface area contributed by atoms with Crippen LogP contribution in [0.4, 0.5) is 0 Å². The van der Waals surface area contributed by atoms with Crippen LogP contribution >= 0.6 is 0 Å². The van der Waals surface area contributed by atoms with Gasteiger partial charge in [-0.15, -0.1) is 0 Å². The van der Waals surface area contributed by atoms with Crippen LogP contribution in [0.1, 0.15) is 12.1 Å². The molecule has 0 saturated carbocycles. The summed E-state index contributed by atoms with van der Waals surface area (Å²) in [6, 6.07) is 8.17. The maximum absolute atomic E-state index is 5.16. The van der Waals surface area contributed by atoms with Crippen LogP contribution in [-0.2, 0) is 13.0 Å². The number of hydrogen-bond acceptors (Lipinski definition) is 2. The molecule has 0 spiro atoms. The van der Waals surface area contributed by atoms with Crippen LogP contribution in [0.2, 0.25) is 0 Å². The fourth-order valence-electron chi connectivity index (χ4n) is 2.28. The molecule has 0 bridgehead atoms. The number of methoxy groups -OCH3 is 1. The first kappa shape index (κ1) is 9.46. The van der Waals surface area contributed by atoms with Crippen LogP contribution < -0.4 is 4.74 Å². The van der Waals surface area contributed by atoms with E-state index in [0.29, 0.717) is 0 Å². The minimum Gasteiger partial charge on any atom is -0.497 e. The zero-order valence-electron chi connectivity index (χ0n) is 9.31. The maximum Gasteiger partial charge on any atom is 0.118 e. The van der Waals surface area contributed by atoms with E-state index in [-0.39, 0.29) is 0 Å². The second-order valence-electron chi connectivity index (χ2n) is 4.06. The van der Waals surface area contributed by atoms with Crippen molar-refractivity contribution >= 4 is 0 Å². The van der Waals surface area contributed by atoms with Crippen molar-refractivity contribution in [2.24, 2.45) is 0 Å². The van der Waals surface area contributed by atoms with Crippen molar-refractivity contribution in [3.8, 4) is 16.9 Å². The van der Waals surface area contributed by atoms with Crippen LogP contribution in [0.5, 0.6) is 5.75 Å². The molecule has 0 unspecified atom stereocenters. The third kappa shape index (κ3) is 1.40. The summed E-state index contributed by atoms with van der Waals surface area (Å²) < 4.78 is 7.27. The highest BCUT2D eigenvalue weighted by Gasteiger charge is 2.16. The van der Waals surface area contributed by atoms with Gasteiger partial charge in [0.2, 0.25) is 0 Å². The highest BCUT2D eigenvalue weighted by Crippen LogP contribution is 2.29. The predicted molar refractivity (Wildman–Crippen MR) is 62.5 cm³/mol. The number of aryl methyl sites for hydroxylation is 1. The second-order valence-corrected chi connectivity index (χ2v) is 4.06. The van der Waals surface area contributed by atoms with Gasteiger partial charge in [-0.2, -0.15) is 5.10 Å². The molecule has 3 rings (SSSR count). The third-order valence-corrected chi connectivity index (χ3v) is 3.13. The van der Waals surface area contributed by atoms with E-state index in [0.717, 1.165) is 18.7 Å². The molecule has 82 valence electrons. The normalized spacial score (nSPS) is 13.8. The van der Waals surface area contributed by atoms with E-state index in [2.05, 4.69) is 21.9 Å². The highest BCUT2D eigenvalue weighted by atomic mass is 16.5. The number of ether oxygens (including phenoxy) is 1. The molecule has 0 atom stereocenters. The Labute approximate surface area is 94.7 Å². The molecule has 0 amide bonds. The van der Waals surface area contributed by atoms with Crippen LogP contribution in [0.15, 0.2) is 30.5 Å². The lowest BCUT2D eigenvalue weighted by molar-refractivity contribution is 0.415. The molecule has 16 heavy (non-hydrogen) atoms. The van der Waals surface area contributed by atoms with E-state index < -0.39 is 0 Å². The van der Waals surface area contributed by atoms with Crippen molar-refractivity contribution in [2.45, 2.75) is 19.4 Å². The Hall–Kier alpha value is -1.77. The average molecular weight is 214 g/mol. The second kappa shape index (κ2) is 3.67. The van der Waals surface area contributed by atoms with Gasteiger partial charge in [0.05, 0.1) is 13.3 Å². The van der Waals surface area contributed by atoms with Crippen LogP contribution in [0.3, 0.4) is 0 Å². The van der Waals surface area contributed by atoms with Gasteiger partial charge in [-0.25, -0.2) is 0 Å². The summed E-state index contributed by atoms with van der Waals surface area (Å²) in [5.74, 6) is 0.896. The zero-order chi connectivity index (χ0) is 11.0. The Bertz CT molecular complexity index is 499. The molecular formula is C13H14N2O. The lowest BCUT2D eigenvalue weighted by Crippen LogP contribution is -1.93. The van der Waals surface area contributed by atoms with Crippen molar-refractivity contribution in [1.82, 2.24) is 9.78 Å². The Kier molecular flexibility index (Phi) is 2.17. The maximum atomic E-state index is 5.16. The Morgan fingerprint density at radius 1 is 1.25 bits per heavy atom. The third-order valence-electron chi connectivity index (χ3n) is 3.13.